The summed E-state index contributed by atoms with van der Waals surface area (Å²) in [6, 6.07) is 10.2. The van der Waals surface area contributed by atoms with E-state index in [0.717, 1.165) is 11.5 Å². The average molecular weight is 415 g/mol. The van der Waals surface area contributed by atoms with Crippen LogP contribution in [-0.4, -0.2) is 39.4 Å². The number of carbonyl (C=O) groups excluding carboxylic acids is 2. The van der Waals surface area contributed by atoms with E-state index in [0.29, 0.717) is 10.6 Å². The first-order valence-corrected chi connectivity index (χ1v) is 9.59. The summed E-state index contributed by atoms with van der Waals surface area (Å²) in [5, 5.41) is 7.91. The lowest BCUT2D eigenvalue weighted by Gasteiger charge is -2.19. The van der Waals surface area contributed by atoms with Crippen LogP contribution in [0.5, 0.6) is 0 Å². The van der Waals surface area contributed by atoms with Gasteiger partial charge >= 0.3 is 5.97 Å². The van der Waals surface area contributed by atoms with E-state index in [2.05, 4.69) is 10.4 Å². The van der Waals surface area contributed by atoms with Crippen molar-refractivity contribution in [1.29, 1.82) is 0 Å². The molecule has 2 aromatic heterocycles. The molecule has 0 saturated heterocycles. The minimum Gasteiger partial charge on any atom is -0.467 e. The number of esters is 1. The Labute approximate surface area is 174 Å². The molecule has 1 N–H and O–H groups in total. The Morgan fingerprint density at radius 3 is 2.31 bits per heavy atom. The van der Waals surface area contributed by atoms with Gasteiger partial charge in [-0.25, -0.2) is 9.48 Å². The SMILES string of the molecule is COC(=O)[C@@H](NC(=O)c1nn(-c2ccc(Cl)cc2)c(-n2cccc2)c1C)C(C)C. The number of aromatic nitrogens is 3. The fourth-order valence-corrected chi connectivity index (χ4v) is 3.20. The number of methoxy groups -OCH3 is 1. The molecule has 7 nitrogen and oxygen atoms in total. The summed E-state index contributed by atoms with van der Waals surface area (Å²) in [7, 11) is 1.30. The minimum absolute atomic E-state index is 0.131. The van der Waals surface area contributed by atoms with Gasteiger partial charge in [-0.15, -0.1) is 0 Å². The minimum atomic E-state index is -0.761. The van der Waals surface area contributed by atoms with Gasteiger partial charge in [0.1, 0.15) is 11.9 Å². The number of carbonyl (C=O) groups is 2. The topological polar surface area (TPSA) is 78.2 Å². The van der Waals surface area contributed by atoms with Crippen molar-refractivity contribution < 1.29 is 14.3 Å². The molecule has 0 unspecified atom stereocenters. The van der Waals surface area contributed by atoms with Crippen molar-refractivity contribution in [2.75, 3.05) is 7.11 Å². The molecule has 1 atom stereocenters. The second kappa shape index (κ2) is 8.53. The van der Waals surface area contributed by atoms with Crippen LogP contribution in [0.1, 0.15) is 29.9 Å². The van der Waals surface area contributed by atoms with Crippen LogP contribution in [0, 0.1) is 12.8 Å². The highest BCUT2D eigenvalue weighted by Crippen LogP contribution is 2.24. The molecule has 3 rings (SSSR count). The van der Waals surface area contributed by atoms with Gasteiger partial charge in [-0.2, -0.15) is 5.10 Å². The molecule has 0 radical (unpaired) electrons. The summed E-state index contributed by atoms with van der Waals surface area (Å²) in [6.07, 6.45) is 3.76. The van der Waals surface area contributed by atoms with E-state index in [1.165, 1.54) is 7.11 Å². The van der Waals surface area contributed by atoms with Crippen molar-refractivity contribution in [1.82, 2.24) is 19.7 Å². The molecule has 0 aliphatic rings. The number of nitrogens with one attached hydrogen (secondary N) is 1. The van der Waals surface area contributed by atoms with E-state index in [9.17, 15) is 9.59 Å². The molecule has 0 fully saturated rings. The summed E-state index contributed by atoms with van der Waals surface area (Å²) < 4.78 is 8.38. The fraction of sp³-hybridized carbons (Fsp3) is 0.286. The van der Waals surface area contributed by atoms with Gasteiger partial charge in [-0.1, -0.05) is 25.4 Å². The Morgan fingerprint density at radius 1 is 1.14 bits per heavy atom. The van der Waals surface area contributed by atoms with Gasteiger partial charge in [0, 0.05) is 23.0 Å². The van der Waals surface area contributed by atoms with E-state index >= 15 is 0 Å². The van der Waals surface area contributed by atoms with Crippen molar-refractivity contribution >= 4 is 23.5 Å². The number of hydrogen-bond acceptors (Lipinski definition) is 4. The maximum absolute atomic E-state index is 13.0. The van der Waals surface area contributed by atoms with Gasteiger partial charge < -0.3 is 14.6 Å². The summed E-state index contributed by atoms with van der Waals surface area (Å²) in [6.45, 7) is 5.50. The van der Waals surface area contributed by atoms with Crippen LogP contribution in [0.4, 0.5) is 0 Å². The molecule has 1 aromatic carbocycles. The molecule has 0 spiro atoms. The zero-order valence-electron chi connectivity index (χ0n) is 16.7. The standard InChI is InChI=1S/C21H23ClN4O3/c1-13(2)17(21(28)29-4)23-19(27)18-14(3)20(25-11-5-6-12-25)26(24-18)16-9-7-15(22)8-10-16/h5-13,17H,1-4H3,(H,23,27)/t17-/m0/s1. The van der Waals surface area contributed by atoms with Gasteiger partial charge in [0.2, 0.25) is 0 Å². The zero-order valence-corrected chi connectivity index (χ0v) is 17.5. The summed E-state index contributed by atoms with van der Waals surface area (Å²) in [5.74, 6) is -0.336. The van der Waals surface area contributed by atoms with Crippen molar-refractivity contribution in [3.05, 3.63) is 65.1 Å². The number of nitrogens with zero attached hydrogens (tertiary/aromatic N) is 3. The normalized spacial score (nSPS) is 12.1. The predicted molar refractivity (Wildman–Crippen MR) is 111 cm³/mol. The Morgan fingerprint density at radius 2 is 1.76 bits per heavy atom. The third kappa shape index (κ3) is 4.19. The van der Waals surface area contributed by atoms with Crippen molar-refractivity contribution in [3.63, 3.8) is 0 Å². The highest BCUT2D eigenvalue weighted by atomic mass is 35.5. The Bertz CT molecular complexity index is 1010. The second-order valence-electron chi connectivity index (χ2n) is 6.99. The Hall–Kier alpha value is -3.06. The number of rotatable bonds is 6. The Kier molecular flexibility index (Phi) is 6.08. The molecule has 8 heteroatoms. The van der Waals surface area contributed by atoms with Crippen LogP contribution in [0.25, 0.3) is 11.5 Å². The van der Waals surface area contributed by atoms with Crippen LogP contribution < -0.4 is 5.32 Å². The molecule has 152 valence electrons. The van der Waals surface area contributed by atoms with Crippen molar-refractivity contribution in [2.24, 2.45) is 5.92 Å². The number of amides is 1. The molecule has 0 bridgehead atoms. The highest BCUT2D eigenvalue weighted by Gasteiger charge is 2.29. The lowest BCUT2D eigenvalue weighted by atomic mass is 10.0. The van der Waals surface area contributed by atoms with E-state index in [1.807, 2.05) is 62.0 Å². The first-order chi connectivity index (χ1) is 13.8. The van der Waals surface area contributed by atoms with Crippen LogP contribution in [0.3, 0.4) is 0 Å². The molecule has 0 aliphatic carbocycles. The number of ether oxygens (including phenoxy) is 1. The smallest absolute Gasteiger partial charge is 0.328 e. The largest absolute Gasteiger partial charge is 0.467 e. The molecule has 3 aromatic rings. The molecule has 0 aliphatic heterocycles. The molecular weight excluding hydrogens is 392 g/mol. The quantitative estimate of drug-likeness (QED) is 0.625. The maximum Gasteiger partial charge on any atom is 0.328 e. The van der Waals surface area contributed by atoms with Gasteiger partial charge in [-0.05, 0) is 49.2 Å². The van der Waals surface area contributed by atoms with Crippen LogP contribution in [0.15, 0.2) is 48.8 Å². The van der Waals surface area contributed by atoms with E-state index in [1.54, 1.807) is 16.8 Å². The second-order valence-corrected chi connectivity index (χ2v) is 7.43. The summed E-state index contributed by atoms with van der Waals surface area (Å²) >= 11 is 6.01. The van der Waals surface area contributed by atoms with Crippen LogP contribution in [0.2, 0.25) is 5.02 Å². The van der Waals surface area contributed by atoms with Gasteiger partial charge in [0.25, 0.3) is 5.91 Å². The monoisotopic (exact) mass is 414 g/mol. The first-order valence-electron chi connectivity index (χ1n) is 9.21. The van der Waals surface area contributed by atoms with Crippen LogP contribution >= 0.6 is 11.6 Å². The van der Waals surface area contributed by atoms with Crippen LogP contribution in [-0.2, 0) is 9.53 Å². The lowest BCUT2D eigenvalue weighted by Crippen LogP contribution is -2.45. The maximum atomic E-state index is 13.0. The molecular formula is C21H23ClN4O3. The molecule has 1 amide bonds. The van der Waals surface area contributed by atoms with Gasteiger partial charge in [0.05, 0.1) is 12.8 Å². The van der Waals surface area contributed by atoms with Gasteiger partial charge in [0.15, 0.2) is 5.69 Å². The summed E-state index contributed by atoms with van der Waals surface area (Å²) in [5.41, 5.74) is 1.67. The molecule has 2 heterocycles. The summed E-state index contributed by atoms with van der Waals surface area (Å²) in [4.78, 5) is 25.0. The third-order valence-corrected chi connectivity index (χ3v) is 4.89. The molecule has 29 heavy (non-hydrogen) atoms. The predicted octanol–water partition coefficient (Wildman–Crippen LogP) is 3.55. The van der Waals surface area contributed by atoms with E-state index in [-0.39, 0.29) is 11.6 Å². The highest BCUT2D eigenvalue weighted by molar-refractivity contribution is 6.30. The fourth-order valence-electron chi connectivity index (χ4n) is 3.08. The third-order valence-electron chi connectivity index (χ3n) is 4.63. The van der Waals surface area contributed by atoms with Gasteiger partial charge in [-0.3, -0.25) is 4.79 Å². The Balaban J connectivity index is 2.06. The lowest BCUT2D eigenvalue weighted by molar-refractivity contribution is -0.144. The number of hydrogen-bond donors (Lipinski definition) is 1. The number of benzene rings is 1. The van der Waals surface area contributed by atoms with E-state index < -0.39 is 17.9 Å². The van der Waals surface area contributed by atoms with E-state index in [4.69, 9.17) is 16.3 Å². The average Bonchev–Trinajstić information content (AvgIpc) is 3.33. The first kappa shape index (κ1) is 20.7. The number of halogens is 1. The zero-order chi connectivity index (χ0) is 21.1. The molecule has 0 saturated carbocycles. The van der Waals surface area contributed by atoms with Crippen molar-refractivity contribution in [3.8, 4) is 11.5 Å². The van der Waals surface area contributed by atoms with Crippen molar-refractivity contribution in [2.45, 2.75) is 26.8 Å².